The third-order valence-electron chi connectivity index (χ3n) is 7.34. The van der Waals surface area contributed by atoms with Crippen LogP contribution in [0.15, 0.2) is 48.5 Å². The third-order valence-corrected chi connectivity index (χ3v) is 7.34. The van der Waals surface area contributed by atoms with Gasteiger partial charge in [0.25, 0.3) is 5.91 Å². The second-order valence-electron chi connectivity index (χ2n) is 9.61. The van der Waals surface area contributed by atoms with Gasteiger partial charge in [-0.1, -0.05) is 68.9 Å². The van der Waals surface area contributed by atoms with Gasteiger partial charge in [-0.25, -0.2) is 9.78 Å². The Labute approximate surface area is 200 Å². The van der Waals surface area contributed by atoms with E-state index < -0.39 is 5.97 Å². The van der Waals surface area contributed by atoms with Crippen LogP contribution in [-0.2, 0) is 9.53 Å². The molecule has 2 aromatic carbocycles. The van der Waals surface area contributed by atoms with Crippen LogP contribution in [0.1, 0.15) is 74.6 Å². The molecule has 1 amide bonds. The lowest BCUT2D eigenvalue weighted by atomic mass is 9.88. The largest absolute Gasteiger partial charge is 0.452 e. The zero-order valence-electron chi connectivity index (χ0n) is 19.7. The molecule has 0 atom stereocenters. The summed E-state index contributed by atoms with van der Waals surface area (Å²) < 4.78 is 5.62. The Kier molecular flexibility index (Phi) is 6.93. The number of imidazole rings is 1. The first-order chi connectivity index (χ1) is 16.7. The number of nitrogens with zero attached hydrogens (tertiary/aromatic N) is 2. The molecule has 1 N–H and O–H groups in total. The van der Waals surface area contributed by atoms with Crippen LogP contribution in [0.2, 0.25) is 0 Å². The smallest absolute Gasteiger partial charge is 0.339 e. The van der Waals surface area contributed by atoms with E-state index in [2.05, 4.69) is 14.9 Å². The van der Waals surface area contributed by atoms with Gasteiger partial charge in [-0.05, 0) is 43.9 Å². The fraction of sp³-hybridized carbons (Fsp3) is 0.464. The van der Waals surface area contributed by atoms with E-state index in [1.165, 1.54) is 38.5 Å². The molecule has 2 saturated carbocycles. The summed E-state index contributed by atoms with van der Waals surface area (Å²) in [6.45, 7) is -0.208. The van der Waals surface area contributed by atoms with Gasteiger partial charge in [-0.2, -0.15) is 0 Å². The SMILES string of the molecule is O=C(OCC(=O)N(C1CCCCC1)C1CCCCC1)c1ccccc1-c1nc2ccccc2[nH]1. The van der Waals surface area contributed by atoms with Gasteiger partial charge in [0, 0.05) is 17.6 Å². The van der Waals surface area contributed by atoms with Gasteiger partial charge < -0.3 is 14.6 Å². The second kappa shape index (κ2) is 10.4. The second-order valence-corrected chi connectivity index (χ2v) is 9.61. The molecule has 0 radical (unpaired) electrons. The summed E-state index contributed by atoms with van der Waals surface area (Å²) in [6.07, 6.45) is 11.4. The third kappa shape index (κ3) is 4.86. The number of ether oxygens (including phenoxy) is 1. The molecule has 6 nitrogen and oxygen atoms in total. The predicted octanol–water partition coefficient (Wildman–Crippen LogP) is 5.88. The molecule has 2 fully saturated rings. The number of aromatic amines is 1. The quantitative estimate of drug-likeness (QED) is 0.467. The van der Waals surface area contributed by atoms with Crippen molar-refractivity contribution in [2.45, 2.75) is 76.3 Å². The lowest BCUT2D eigenvalue weighted by Gasteiger charge is -2.41. The summed E-state index contributed by atoms with van der Waals surface area (Å²) in [6, 6.07) is 15.6. The number of carbonyl (C=O) groups excluding carboxylic acids is 2. The molecule has 0 aliphatic heterocycles. The summed E-state index contributed by atoms with van der Waals surface area (Å²) in [5.74, 6) is 0.0797. The molecule has 1 heterocycles. The molecular formula is C28H33N3O3. The van der Waals surface area contributed by atoms with Crippen molar-refractivity contribution in [1.29, 1.82) is 0 Å². The number of amides is 1. The van der Waals surface area contributed by atoms with E-state index >= 15 is 0 Å². The van der Waals surface area contributed by atoms with E-state index in [0.29, 0.717) is 17.0 Å². The van der Waals surface area contributed by atoms with Gasteiger partial charge in [0.15, 0.2) is 6.61 Å². The fourth-order valence-corrected chi connectivity index (χ4v) is 5.65. The number of hydrogen-bond acceptors (Lipinski definition) is 4. The van der Waals surface area contributed by atoms with Crippen LogP contribution in [0.25, 0.3) is 22.4 Å². The molecule has 0 bridgehead atoms. The zero-order chi connectivity index (χ0) is 23.3. The molecule has 34 heavy (non-hydrogen) atoms. The number of esters is 1. The average molecular weight is 460 g/mol. The Hall–Kier alpha value is -3.15. The van der Waals surface area contributed by atoms with Crippen LogP contribution < -0.4 is 0 Å². The van der Waals surface area contributed by atoms with Gasteiger partial charge in [-0.15, -0.1) is 0 Å². The molecule has 0 spiro atoms. The molecule has 6 heteroatoms. The topological polar surface area (TPSA) is 75.3 Å². The van der Waals surface area contributed by atoms with Gasteiger partial charge in [0.05, 0.1) is 16.6 Å². The number of fused-ring (bicyclic) bond motifs is 1. The highest BCUT2D eigenvalue weighted by molar-refractivity contribution is 5.98. The van der Waals surface area contributed by atoms with Crippen LogP contribution >= 0.6 is 0 Å². The van der Waals surface area contributed by atoms with Crippen molar-refractivity contribution in [3.63, 3.8) is 0 Å². The normalized spacial score (nSPS) is 17.5. The summed E-state index contributed by atoms with van der Waals surface area (Å²) in [5, 5.41) is 0. The van der Waals surface area contributed by atoms with E-state index in [1.807, 2.05) is 36.4 Å². The molecule has 5 rings (SSSR count). The summed E-state index contributed by atoms with van der Waals surface area (Å²) in [4.78, 5) is 36.5. The van der Waals surface area contributed by atoms with Crippen LogP contribution in [0, 0.1) is 0 Å². The molecule has 1 aromatic heterocycles. The van der Waals surface area contributed by atoms with Crippen LogP contribution in [-0.4, -0.2) is 45.4 Å². The summed E-state index contributed by atoms with van der Waals surface area (Å²) in [7, 11) is 0. The molecule has 178 valence electrons. The van der Waals surface area contributed by atoms with E-state index in [9.17, 15) is 9.59 Å². The van der Waals surface area contributed by atoms with E-state index in [1.54, 1.807) is 12.1 Å². The van der Waals surface area contributed by atoms with Crippen molar-refractivity contribution in [3.05, 3.63) is 54.1 Å². The van der Waals surface area contributed by atoms with E-state index in [0.717, 1.165) is 36.7 Å². The Morgan fingerprint density at radius 2 is 1.47 bits per heavy atom. The van der Waals surface area contributed by atoms with Crippen molar-refractivity contribution in [2.75, 3.05) is 6.61 Å². The van der Waals surface area contributed by atoms with Crippen LogP contribution in [0.4, 0.5) is 0 Å². The van der Waals surface area contributed by atoms with Gasteiger partial charge >= 0.3 is 5.97 Å². The monoisotopic (exact) mass is 459 g/mol. The maximum Gasteiger partial charge on any atom is 0.339 e. The lowest BCUT2D eigenvalue weighted by molar-refractivity contribution is -0.141. The average Bonchev–Trinajstić information content (AvgIpc) is 3.33. The lowest BCUT2D eigenvalue weighted by Crippen LogP contribution is -2.50. The molecule has 0 unspecified atom stereocenters. The number of H-pyrrole nitrogens is 1. The van der Waals surface area contributed by atoms with Crippen molar-refractivity contribution < 1.29 is 14.3 Å². The first-order valence-corrected chi connectivity index (χ1v) is 12.7. The molecular weight excluding hydrogens is 426 g/mol. The fourth-order valence-electron chi connectivity index (χ4n) is 5.65. The van der Waals surface area contributed by atoms with E-state index in [-0.39, 0.29) is 24.6 Å². The first kappa shape index (κ1) is 22.6. The van der Waals surface area contributed by atoms with Crippen LogP contribution in [0.5, 0.6) is 0 Å². The van der Waals surface area contributed by atoms with Crippen molar-refractivity contribution >= 4 is 22.9 Å². The molecule has 2 aliphatic carbocycles. The number of hydrogen-bond donors (Lipinski definition) is 1. The molecule has 0 saturated heterocycles. The van der Waals surface area contributed by atoms with Crippen molar-refractivity contribution in [1.82, 2.24) is 14.9 Å². The van der Waals surface area contributed by atoms with Gasteiger partial charge in [-0.3, -0.25) is 4.79 Å². The number of rotatable bonds is 6. The Morgan fingerprint density at radius 3 is 2.15 bits per heavy atom. The zero-order valence-corrected chi connectivity index (χ0v) is 19.7. The highest BCUT2D eigenvalue weighted by Gasteiger charge is 2.33. The Bertz CT molecular complexity index is 1090. The van der Waals surface area contributed by atoms with Crippen LogP contribution in [0.3, 0.4) is 0 Å². The number of benzene rings is 2. The first-order valence-electron chi connectivity index (χ1n) is 12.7. The number of aromatic nitrogens is 2. The van der Waals surface area contributed by atoms with E-state index in [4.69, 9.17) is 4.74 Å². The van der Waals surface area contributed by atoms with Gasteiger partial charge in [0.1, 0.15) is 5.82 Å². The molecule has 2 aliphatic rings. The maximum atomic E-state index is 13.4. The molecule has 3 aromatic rings. The summed E-state index contributed by atoms with van der Waals surface area (Å²) in [5.41, 5.74) is 2.83. The minimum atomic E-state index is -0.489. The maximum absolute atomic E-state index is 13.4. The summed E-state index contributed by atoms with van der Waals surface area (Å²) >= 11 is 0. The van der Waals surface area contributed by atoms with Crippen molar-refractivity contribution in [2.24, 2.45) is 0 Å². The minimum Gasteiger partial charge on any atom is -0.452 e. The predicted molar refractivity (Wildman–Crippen MR) is 132 cm³/mol. The Morgan fingerprint density at radius 1 is 0.853 bits per heavy atom. The highest BCUT2D eigenvalue weighted by Crippen LogP contribution is 2.30. The highest BCUT2D eigenvalue weighted by atomic mass is 16.5. The Balaban J connectivity index is 1.31. The van der Waals surface area contributed by atoms with Gasteiger partial charge in [0.2, 0.25) is 0 Å². The number of carbonyl (C=O) groups is 2. The minimum absolute atomic E-state index is 0.0478. The number of nitrogens with one attached hydrogen (secondary N) is 1. The van der Waals surface area contributed by atoms with Crippen molar-refractivity contribution in [3.8, 4) is 11.4 Å². The standard InChI is InChI=1S/C28H33N3O3/c32-26(31(20-11-3-1-4-12-20)21-13-5-2-6-14-21)19-34-28(33)23-16-8-7-15-22(23)27-29-24-17-9-10-18-25(24)30-27/h7-10,15-18,20-21H,1-6,11-14,19H2,(H,29,30). The number of para-hydroxylation sites is 2.